The van der Waals surface area contributed by atoms with Gasteiger partial charge in [-0.25, -0.2) is 4.79 Å². The molecule has 0 aliphatic carbocycles. The summed E-state index contributed by atoms with van der Waals surface area (Å²) >= 11 is 0. The molecule has 78 valence electrons. The Morgan fingerprint density at radius 2 is 2.20 bits per heavy atom. The Kier molecular flexibility index (Phi) is 4.20. The largest absolute Gasteiger partial charge is 0.384 e. The Labute approximate surface area is 88.3 Å². The van der Waals surface area contributed by atoms with Crippen LogP contribution >= 0.6 is 0 Å². The third-order valence-corrected chi connectivity index (χ3v) is 1.70. The summed E-state index contributed by atoms with van der Waals surface area (Å²) in [5, 5.41) is 13.7. The first kappa shape index (κ1) is 11.1. The molecule has 0 radical (unpaired) electrons. The van der Waals surface area contributed by atoms with Gasteiger partial charge in [-0.3, -0.25) is 0 Å². The van der Waals surface area contributed by atoms with E-state index >= 15 is 0 Å². The van der Waals surface area contributed by atoms with Crippen LogP contribution in [-0.4, -0.2) is 24.8 Å². The predicted molar refractivity (Wildman–Crippen MR) is 58.5 cm³/mol. The van der Waals surface area contributed by atoms with Crippen molar-refractivity contribution in [2.45, 2.75) is 0 Å². The summed E-state index contributed by atoms with van der Waals surface area (Å²) in [7, 11) is 1.54. The average Bonchev–Trinajstić information content (AvgIpc) is 2.28. The van der Waals surface area contributed by atoms with Gasteiger partial charge in [0.05, 0.1) is 5.69 Å². The van der Waals surface area contributed by atoms with Gasteiger partial charge in [-0.1, -0.05) is 24.0 Å². The van der Waals surface area contributed by atoms with E-state index < -0.39 is 0 Å². The number of carbonyl (C=O) groups is 1. The first-order valence-corrected chi connectivity index (χ1v) is 4.45. The Balaban J connectivity index is 2.91. The molecule has 0 fully saturated rings. The van der Waals surface area contributed by atoms with Crippen LogP contribution in [0.5, 0.6) is 0 Å². The quantitative estimate of drug-likeness (QED) is 0.592. The van der Waals surface area contributed by atoms with E-state index in [1.165, 1.54) is 7.05 Å². The van der Waals surface area contributed by atoms with Crippen LogP contribution in [0.15, 0.2) is 24.3 Å². The molecule has 0 bridgehead atoms. The Morgan fingerprint density at radius 3 is 2.87 bits per heavy atom. The Morgan fingerprint density at radius 1 is 1.47 bits per heavy atom. The van der Waals surface area contributed by atoms with Crippen molar-refractivity contribution >= 4 is 11.7 Å². The number of rotatable bonds is 1. The topological polar surface area (TPSA) is 61.4 Å². The van der Waals surface area contributed by atoms with E-state index in [0.717, 1.165) is 0 Å². The predicted octanol–water partition coefficient (Wildman–Crippen LogP) is 0.782. The van der Waals surface area contributed by atoms with E-state index in [2.05, 4.69) is 22.5 Å². The van der Waals surface area contributed by atoms with Crippen molar-refractivity contribution in [3.63, 3.8) is 0 Å². The number of anilines is 1. The van der Waals surface area contributed by atoms with E-state index in [-0.39, 0.29) is 12.6 Å². The van der Waals surface area contributed by atoms with E-state index in [4.69, 9.17) is 5.11 Å². The summed E-state index contributed by atoms with van der Waals surface area (Å²) in [4.78, 5) is 11.1. The molecule has 0 aromatic heterocycles. The van der Waals surface area contributed by atoms with E-state index in [1.807, 2.05) is 6.07 Å². The summed E-state index contributed by atoms with van der Waals surface area (Å²) < 4.78 is 0. The molecule has 0 saturated carbocycles. The third kappa shape index (κ3) is 3.33. The van der Waals surface area contributed by atoms with Crippen LogP contribution in [0, 0.1) is 11.8 Å². The highest BCUT2D eigenvalue weighted by atomic mass is 16.2. The van der Waals surface area contributed by atoms with Crippen molar-refractivity contribution in [2.24, 2.45) is 0 Å². The van der Waals surface area contributed by atoms with E-state index in [1.54, 1.807) is 18.2 Å². The summed E-state index contributed by atoms with van der Waals surface area (Å²) in [6, 6.07) is 6.84. The number of carbonyl (C=O) groups excluding carboxylic acids is 1. The highest BCUT2D eigenvalue weighted by Crippen LogP contribution is 2.13. The zero-order chi connectivity index (χ0) is 11.1. The molecule has 2 amide bonds. The molecular weight excluding hydrogens is 192 g/mol. The molecule has 4 heteroatoms. The summed E-state index contributed by atoms with van der Waals surface area (Å²) in [6.07, 6.45) is 0. The standard InChI is InChI=1S/C11H12N2O2/c1-12-11(15)13-10-7-3-2-5-9(10)6-4-8-14/h2-3,5,7,14H,8H2,1H3,(H2,12,13,15). The fourth-order valence-corrected chi connectivity index (χ4v) is 1.02. The fourth-order valence-electron chi connectivity index (χ4n) is 1.02. The van der Waals surface area contributed by atoms with Gasteiger partial charge >= 0.3 is 6.03 Å². The number of amides is 2. The molecule has 15 heavy (non-hydrogen) atoms. The van der Waals surface area contributed by atoms with Crippen LogP contribution in [0.1, 0.15) is 5.56 Å². The number of urea groups is 1. The average molecular weight is 204 g/mol. The second-order valence-corrected chi connectivity index (χ2v) is 2.71. The molecule has 0 unspecified atom stereocenters. The van der Waals surface area contributed by atoms with Gasteiger partial charge in [0, 0.05) is 12.6 Å². The summed E-state index contributed by atoms with van der Waals surface area (Å²) in [5.74, 6) is 5.28. The molecule has 3 N–H and O–H groups in total. The van der Waals surface area contributed by atoms with Crippen molar-refractivity contribution in [2.75, 3.05) is 19.0 Å². The number of nitrogens with one attached hydrogen (secondary N) is 2. The molecule has 0 saturated heterocycles. The molecule has 1 aromatic rings. The van der Waals surface area contributed by atoms with Gasteiger partial charge in [0.1, 0.15) is 6.61 Å². The number of para-hydroxylation sites is 1. The van der Waals surface area contributed by atoms with Gasteiger partial charge in [-0.15, -0.1) is 0 Å². The maximum Gasteiger partial charge on any atom is 0.319 e. The lowest BCUT2D eigenvalue weighted by molar-refractivity contribution is 0.254. The normalized spacial score (nSPS) is 8.67. The minimum Gasteiger partial charge on any atom is -0.384 e. The molecule has 4 nitrogen and oxygen atoms in total. The number of aliphatic hydroxyl groups is 1. The molecular formula is C11H12N2O2. The summed E-state index contributed by atoms with van der Waals surface area (Å²) in [6.45, 7) is -0.200. The molecule has 0 aliphatic heterocycles. The van der Waals surface area contributed by atoms with Gasteiger partial charge < -0.3 is 15.7 Å². The SMILES string of the molecule is CNC(=O)Nc1ccccc1C#CCO. The van der Waals surface area contributed by atoms with Gasteiger partial charge in [-0.2, -0.15) is 0 Å². The highest BCUT2D eigenvalue weighted by Gasteiger charge is 2.01. The lowest BCUT2D eigenvalue weighted by atomic mass is 10.2. The fraction of sp³-hybridized carbons (Fsp3) is 0.182. The zero-order valence-corrected chi connectivity index (χ0v) is 8.37. The molecule has 0 spiro atoms. The number of aliphatic hydroxyl groups excluding tert-OH is 1. The van der Waals surface area contributed by atoms with Crippen LogP contribution in [0.3, 0.4) is 0 Å². The second-order valence-electron chi connectivity index (χ2n) is 2.71. The van der Waals surface area contributed by atoms with Gasteiger partial charge in [0.15, 0.2) is 0 Å². The zero-order valence-electron chi connectivity index (χ0n) is 8.37. The van der Waals surface area contributed by atoms with Gasteiger partial charge in [-0.05, 0) is 12.1 Å². The van der Waals surface area contributed by atoms with Crippen molar-refractivity contribution in [1.82, 2.24) is 5.32 Å². The number of hydrogen-bond donors (Lipinski definition) is 3. The second kappa shape index (κ2) is 5.68. The number of hydrogen-bond acceptors (Lipinski definition) is 2. The van der Waals surface area contributed by atoms with Crippen molar-refractivity contribution < 1.29 is 9.90 Å². The first-order chi connectivity index (χ1) is 7.27. The van der Waals surface area contributed by atoms with Crippen molar-refractivity contribution in [3.8, 4) is 11.8 Å². The van der Waals surface area contributed by atoms with Crippen molar-refractivity contribution in [3.05, 3.63) is 29.8 Å². The molecule has 1 aromatic carbocycles. The number of benzene rings is 1. The highest BCUT2D eigenvalue weighted by molar-refractivity contribution is 5.90. The monoisotopic (exact) mass is 204 g/mol. The van der Waals surface area contributed by atoms with E-state index in [9.17, 15) is 4.79 Å². The van der Waals surface area contributed by atoms with Crippen LogP contribution < -0.4 is 10.6 Å². The van der Waals surface area contributed by atoms with Crippen LogP contribution in [0.25, 0.3) is 0 Å². The maximum atomic E-state index is 11.1. The molecule has 1 rings (SSSR count). The van der Waals surface area contributed by atoms with Crippen molar-refractivity contribution in [1.29, 1.82) is 0 Å². The minimum absolute atomic E-state index is 0.200. The van der Waals surface area contributed by atoms with Gasteiger partial charge in [0.2, 0.25) is 0 Å². The van der Waals surface area contributed by atoms with Crippen LogP contribution in [0.4, 0.5) is 10.5 Å². The first-order valence-electron chi connectivity index (χ1n) is 4.45. The minimum atomic E-state index is -0.298. The molecule has 0 atom stereocenters. The lowest BCUT2D eigenvalue weighted by Gasteiger charge is -2.05. The Bertz CT molecular complexity index is 405. The Hall–Kier alpha value is -1.99. The smallest absolute Gasteiger partial charge is 0.319 e. The van der Waals surface area contributed by atoms with Gasteiger partial charge in [0.25, 0.3) is 0 Å². The molecule has 0 heterocycles. The lowest BCUT2D eigenvalue weighted by Crippen LogP contribution is -2.24. The van der Waals surface area contributed by atoms with Crippen LogP contribution in [-0.2, 0) is 0 Å². The summed E-state index contributed by atoms with van der Waals surface area (Å²) in [5.41, 5.74) is 1.30. The maximum absolute atomic E-state index is 11.1. The third-order valence-electron chi connectivity index (χ3n) is 1.70. The van der Waals surface area contributed by atoms with E-state index in [0.29, 0.717) is 11.3 Å². The van der Waals surface area contributed by atoms with Crippen LogP contribution in [0.2, 0.25) is 0 Å². The molecule has 0 aliphatic rings.